The third-order valence-corrected chi connectivity index (χ3v) is 3.17. The number of hydrogen-bond acceptors (Lipinski definition) is 3. The number of hydrogen-bond donors (Lipinski definition) is 1. The van der Waals surface area contributed by atoms with Crippen LogP contribution in [0.25, 0.3) is 0 Å². The van der Waals surface area contributed by atoms with Crippen LogP contribution in [0.5, 0.6) is 0 Å². The minimum Gasteiger partial charge on any atom is -0.395 e. The molecule has 2 heterocycles. The molecule has 0 saturated carbocycles. The highest BCUT2D eigenvalue weighted by Gasteiger charge is 2.37. The maximum absolute atomic E-state index is 8.89. The molecule has 0 aliphatic carbocycles. The second-order valence-electron chi connectivity index (χ2n) is 4.07. The Morgan fingerprint density at radius 2 is 1.83 bits per heavy atom. The topological polar surface area (TPSA) is 26.7 Å². The van der Waals surface area contributed by atoms with Crippen molar-refractivity contribution < 1.29 is 5.11 Å². The molecule has 2 atom stereocenters. The van der Waals surface area contributed by atoms with E-state index in [1.807, 2.05) is 0 Å². The van der Waals surface area contributed by atoms with Crippen LogP contribution in [-0.2, 0) is 0 Å². The molecule has 2 aliphatic heterocycles. The average molecular weight is 170 g/mol. The van der Waals surface area contributed by atoms with Crippen molar-refractivity contribution in [2.45, 2.75) is 24.9 Å². The van der Waals surface area contributed by atoms with Crippen molar-refractivity contribution in [3.05, 3.63) is 0 Å². The van der Waals surface area contributed by atoms with Crippen LogP contribution in [0.4, 0.5) is 0 Å². The Hall–Kier alpha value is -0.120. The Labute approximate surface area is 74.0 Å². The van der Waals surface area contributed by atoms with Crippen molar-refractivity contribution in [2.75, 3.05) is 33.3 Å². The minimum atomic E-state index is 0.316. The summed E-state index contributed by atoms with van der Waals surface area (Å²) in [5, 5.41) is 8.89. The zero-order valence-electron chi connectivity index (χ0n) is 7.74. The van der Waals surface area contributed by atoms with Crippen LogP contribution in [-0.4, -0.2) is 60.3 Å². The lowest BCUT2D eigenvalue weighted by atomic mass is 10.2. The van der Waals surface area contributed by atoms with Crippen LogP contribution in [0, 0.1) is 0 Å². The van der Waals surface area contributed by atoms with E-state index in [0.717, 1.165) is 18.6 Å². The van der Waals surface area contributed by atoms with Gasteiger partial charge in [0.1, 0.15) is 0 Å². The smallest absolute Gasteiger partial charge is 0.0558 e. The minimum absolute atomic E-state index is 0.316. The first-order valence-electron chi connectivity index (χ1n) is 4.86. The molecule has 3 nitrogen and oxygen atoms in total. The van der Waals surface area contributed by atoms with E-state index in [4.69, 9.17) is 5.11 Å². The predicted molar refractivity (Wildman–Crippen MR) is 48.1 cm³/mol. The molecule has 1 N–H and O–H groups in total. The summed E-state index contributed by atoms with van der Waals surface area (Å²) in [6, 6.07) is 1.45. The van der Waals surface area contributed by atoms with Crippen molar-refractivity contribution in [2.24, 2.45) is 0 Å². The molecule has 2 aliphatic rings. The van der Waals surface area contributed by atoms with Gasteiger partial charge >= 0.3 is 0 Å². The SMILES string of the molecule is CN1CC2CCC(C1)N2CCO. The highest BCUT2D eigenvalue weighted by molar-refractivity contribution is 4.94. The van der Waals surface area contributed by atoms with Gasteiger partial charge in [0, 0.05) is 31.7 Å². The molecular weight excluding hydrogens is 152 g/mol. The van der Waals surface area contributed by atoms with Gasteiger partial charge in [-0.2, -0.15) is 0 Å². The molecule has 3 heteroatoms. The summed E-state index contributed by atoms with van der Waals surface area (Å²) >= 11 is 0. The lowest BCUT2D eigenvalue weighted by Crippen LogP contribution is -2.52. The van der Waals surface area contributed by atoms with E-state index in [0.29, 0.717) is 6.61 Å². The first-order valence-corrected chi connectivity index (χ1v) is 4.86. The number of likely N-dealkylation sites (N-methyl/N-ethyl adjacent to an activating group) is 1. The van der Waals surface area contributed by atoms with Gasteiger partial charge in [-0.25, -0.2) is 0 Å². The Morgan fingerprint density at radius 1 is 1.25 bits per heavy atom. The molecule has 12 heavy (non-hydrogen) atoms. The highest BCUT2D eigenvalue weighted by Crippen LogP contribution is 2.28. The lowest BCUT2D eigenvalue weighted by molar-refractivity contribution is 0.0660. The number of piperazine rings is 1. The Kier molecular flexibility index (Phi) is 2.35. The van der Waals surface area contributed by atoms with Gasteiger partial charge in [0.25, 0.3) is 0 Å². The zero-order chi connectivity index (χ0) is 8.55. The molecule has 2 unspecified atom stereocenters. The zero-order valence-corrected chi connectivity index (χ0v) is 7.74. The van der Waals surface area contributed by atoms with E-state index in [1.54, 1.807) is 0 Å². The molecule has 0 radical (unpaired) electrons. The molecule has 2 rings (SSSR count). The molecule has 70 valence electrons. The van der Waals surface area contributed by atoms with E-state index in [9.17, 15) is 0 Å². The van der Waals surface area contributed by atoms with Crippen LogP contribution < -0.4 is 0 Å². The van der Waals surface area contributed by atoms with E-state index < -0.39 is 0 Å². The molecule has 2 fully saturated rings. The average Bonchev–Trinajstić information content (AvgIpc) is 2.32. The van der Waals surface area contributed by atoms with Gasteiger partial charge in [0.05, 0.1) is 6.61 Å². The van der Waals surface area contributed by atoms with E-state index in [-0.39, 0.29) is 0 Å². The summed E-state index contributed by atoms with van der Waals surface area (Å²) < 4.78 is 0. The largest absolute Gasteiger partial charge is 0.395 e. The molecule has 2 bridgehead atoms. The quantitative estimate of drug-likeness (QED) is 0.619. The van der Waals surface area contributed by atoms with Crippen molar-refractivity contribution in [3.8, 4) is 0 Å². The fourth-order valence-corrected chi connectivity index (χ4v) is 2.68. The summed E-state index contributed by atoms with van der Waals surface area (Å²) in [5.74, 6) is 0. The van der Waals surface area contributed by atoms with Gasteiger partial charge in [-0.1, -0.05) is 0 Å². The fourth-order valence-electron chi connectivity index (χ4n) is 2.68. The molecule has 0 amide bonds. The van der Waals surface area contributed by atoms with Gasteiger partial charge in [0.15, 0.2) is 0 Å². The number of aliphatic hydroxyl groups is 1. The second-order valence-corrected chi connectivity index (χ2v) is 4.07. The van der Waals surface area contributed by atoms with Crippen molar-refractivity contribution in [1.82, 2.24) is 9.80 Å². The first kappa shape index (κ1) is 8.48. The standard InChI is InChI=1S/C9H18N2O/c1-10-6-8-2-3-9(7-10)11(8)4-5-12/h8-9,12H,2-7H2,1H3. The van der Waals surface area contributed by atoms with E-state index in [2.05, 4.69) is 16.8 Å². The van der Waals surface area contributed by atoms with Gasteiger partial charge < -0.3 is 10.0 Å². The number of fused-ring (bicyclic) bond motifs is 2. The summed E-state index contributed by atoms with van der Waals surface area (Å²) in [7, 11) is 2.20. The third-order valence-electron chi connectivity index (χ3n) is 3.17. The van der Waals surface area contributed by atoms with Gasteiger partial charge in [-0.3, -0.25) is 4.90 Å². The van der Waals surface area contributed by atoms with E-state index in [1.165, 1.54) is 25.9 Å². The van der Waals surface area contributed by atoms with Crippen molar-refractivity contribution in [1.29, 1.82) is 0 Å². The van der Waals surface area contributed by atoms with Crippen LogP contribution in [0.15, 0.2) is 0 Å². The third kappa shape index (κ3) is 1.37. The normalized spacial score (nSPS) is 37.5. The van der Waals surface area contributed by atoms with Gasteiger partial charge in [-0.15, -0.1) is 0 Å². The fraction of sp³-hybridized carbons (Fsp3) is 1.00. The Morgan fingerprint density at radius 3 is 2.33 bits per heavy atom. The second kappa shape index (κ2) is 3.32. The molecule has 0 aromatic heterocycles. The summed E-state index contributed by atoms with van der Waals surface area (Å²) in [4.78, 5) is 4.90. The molecule has 2 saturated heterocycles. The van der Waals surface area contributed by atoms with Gasteiger partial charge in [-0.05, 0) is 19.9 Å². The predicted octanol–water partition coefficient (Wildman–Crippen LogP) is -0.243. The molecule has 0 aromatic rings. The number of rotatable bonds is 2. The molecule has 0 aromatic carbocycles. The maximum atomic E-state index is 8.89. The van der Waals surface area contributed by atoms with Crippen molar-refractivity contribution in [3.63, 3.8) is 0 Å². The van der Waals surface area contributed by atoms with Crippen LogP contribution in [0.2, 0.25) is 0 Å². The lowest BCUT2D eigenvalue weighted by Gasteiger charge is -2.39. The summed E-state index contributed by atoms with van der Waals surface area (Å²) in [6.07, 6.45) is 2.66. The monoisotopic (exact) mass is 170 g/mol. The summed E-state index contributed by atoms with van der Waals surface area (Å²) in [6.45, 7) is 3.58. The van der Waals surface area contributed by atoms with Crippen LogP contribution in [0.1, 0.15) is 12.8 Å². The first-order chi connectivity index (χ1) is 5.81. The van der Waals surface area contributed by atoms with Crippen molar-refractivity contribution >= 4 is 0 Å². The van der Waals surface area contributed by atoms with E-state index >= 15 is 0 Å². The molecular formula is C9H18N2O. The Balaban J connectivity index is 1.99. The Bertz CT molecular complexity index is 149. The maximum Gasteiger partial charge on any atom is 0.0558 e. The van der Waals surface area contributed by atoms with Crippen LogP contribution >= 0.6 is 0 Å². The van der Waals surface area contributed by atoms with Gasteiger partial charge in [0.2, 0.25) is 0 Å². The highest BCUT2D eigenvalue weighted by atomic mass is 16.3. The number of aliphatic hydroxyl groups excluding tert-OH is 1. The summed E-state index contributed by atoms with van der Waals surface area (Å²) in [5.41, 5.74) is 0. The number of likely N-dealkylation sites (tertiary alicyclic amines) is 1. The van der Waals surface area contributed by atoms with Crippen LogP contribution in [0.3, 0.4) is 0 Å². The number of nitrogens with zero attached hydrogens (tertiary/aromatic N) is 2. The molecule has 0 spiro atoms.